The lowest BCUT2D eigenvalue weighted by Gasteiger charge is -2.05. The molecule has 0 radical (unpaired) electrons. The van der Waals surface area contributed by atoms with Crippen LogP contribution >= 0.6 is 0 Å². The molecule has 0 fully saturated rings. The molecule has 0 bridgehead atoms. The van der Waals surface area contributed by atoms with Crippen LogP contribution in [0.5, 0.6) is 0 Å². The van der Waals surface area contributed by atoms with Gasteiger partial charge in [-0.3, -0.25) is 30.5 Å². The summed E-state index contributed by atoms with van der Waals surface area (Å²) in [6.45, 7) is 0. The van der Waals surface area contributed by atoms with Crippen LogP contribution in [0.1, 0.15) is 5.56 Å². The van der Waals surface area contributed by atoms with E-state index in [1.165, 1.54) is 7.11 Å². The van der Waals surface area contributed by atoms with Gasteiger partial charge in [0, 0.05) is 6.07 Å². The molecule has 1 rings (SSSR count). The molecule has 0 spiro atoms. The Bertz CT molecular complexity index is 521. The summed E-state index contributed by atoms with van der Waals surface area (Å²) in [7, 11) is 1.20. The summed E-state index contributed by atoms with van der Waals surface area (Å²) in [6.07, 6.45) is 0. The first-order chi connectivity index (χ1) is 8.01. The number of hydrogen-bond donors (Lipinski definition) is 1. The van der Waals surface area contributed by atoms with Gasteiger partial charge in [0.1, 0.15) is 6.07 Å². The molecule has 0 aliphatic carbocycles. The predicted octanol–water partition coefficient (Wildman–Crippen LogP) is 1.35. The van der Waals surface area contributed by atoms with E-state index >= 15 is 0 Å². The molecular formula is C8H6N4O5. The molecular weight excluding hydrogens is 232 g/mol. The van der Waals surface area contributed by atoms with Gasteiger partial charge in [0.05, 0.1) is 28.6 Å². The van der Waals surface area contributed by atoms with Crippen molar-refractivity contribution in [2.24, 2.45) is 0 Å². The van der Waals surface area contributed by atoms with Gasteiger partial charge in [0.15, 0.2) is 5.69 Å². The molecule has 0 saturated carbocycles. The number of rotatable bonds is 4. The monoisotopic (exact) mass is 238 g/mol. The zero-order valence-electron chi connectivity index (χ0n) is 8.54. The number of nitro groups is 2. The summed E-state index contributed by atoms with van der Waals surface area (Å²) in [5, 5.41) is 30.0. The number of anilines is 1. The van der Waals surface area contributed by atoms with Gasteiger partial charge in [0.25, 0.3) is 5.69 Å². The minimum Gasteiger partial charge on any atom is -0.279 e. The Kier molecular flexibility index (Phi) is 3.53. The molecule has 0 aliphatic rings. The first kappa shape index (κ1) is 12.3. The third-order valence-electron chi connectivity index (χ3n) is 1.83. The van der Waals surface area contributed by atoms with Crippen molar-refractivity contribution in [3.8, 4) is 6.07 Å². The van der Waals surface area contributed by atoms with Gasteiger partial charge in [-0.05, 0) is 0 Å². The second kappa shape index (κ2) is 4.86. The third-order valence-corrected chi connectivity index (χ3v) is 1.83. The quantitative estimate of drug-likeness (QED) is 0.618. The molecule has 0 aromatic heterocycles. The fourth-order valence-corrected chi connectivity index (χ4v) is 1.16. The summed E-state index contributed by atoms with van der Waals surface area (Å²) in [4.78, 5) is 24.1. The Morgan fingerprint density at radius 3 is 2.41 bits per heavy atom. The van der Waals surface area contributed by atoms with E-state index in [0.29, 0.717) is 0 Å². The van der Waals surface area contributed by atoms with Gasteiger partial charge in [-0.25, -0.2) is 0 Å². The number of hydrogen-bond acceptors (Lipinski definition) is 7. The van der Waals surface area contributed by atoms with E-state index in [4.69, 9.17) is 5.26 Å². The Labute approximate surface area is 94.5 Å². The van der Waals surface area contributed by atoms with E-state index < -0.39 is 21.2 Å². The maximum absolute atomic E-state index is 10.7. The van der Waals surface area contributed by atoms with Gasteiger partial charge in [-0.2, -0.15) is 5.26 Å². The van der Waals surface area contributed by atoms with Gasteiger partial charge in [-0.15, -0.1) is 0 Å². The first-order valence-electron chi connectivity index (χ1n) is 4.17. The number of benzene rings is 1. The zero-order chi connectivity index (χ0) is 13.0. The first-order valence-corrected chi connectivity index (χ1v) is 4.17. The highest BCUT2D eigenvalue weighted by Crippen LogP contribution is 2.32. The number of nitro benzene ring substituents is 2. The van der Waals surface area contributed by atoms with Crippen LogP contribution in [0.15, 0.2) is 12.1 Å². The number of nitrogens with zero attached hydrogens (tertiary/aromatic N) is 3. The van der Waals surface area contributed by atoms with E-state index in [0.717, 1.165) is 12.1 Å². The Balaban J connectivity index is 3.52. The molecule has 17 heavy (non-hydrogen) atoms. The lowest BCUT2D eigenvalue weighted by molar-refractivity contribution is -0.393. The molecule has 0 aliphatic heterocycles. The van der Waals surface area contributed by atoms with Gasteiger partial charge >= 0.3 is 5.69 Å². The van der Waals surface area contributed by atoms with Crippen LogP contribution in [0.4, 0.5) is 17.1 Å². The smallest absolute Gasteiger partial charge is 0.279 e. The standard InChI is InChI=1S/C8H6N4O5/c1-17-10-8-5(4-9)2-6(11(13)14)3-7(8)12(15)16/h2-3,10H,1H3. The molecule has 1 aromatic carbocycles. The largest absolute Gasteiger partial charge is 0.302 e. The van der Waals surface area contributed by atoms with E-state index in [9.17, 15) is 20.2 Å². The van der Waals surface area contributed by atoms with Crippen LogP contribution in [-0.2, 0) is 4.84 Å². The van der Waals surface area contributed by atoms with Crippen molar-refractivity contribution in [1.82, 2.24) is 0 Å². The van der Waals surface area contributed by atoms with Crippen LogP contribution in [0, 0.1) is 31.6 Å². The normalized spacial score (nSPS) is 9.41. The lowest BCUT2D eigenvalue weighted by Crippen LogP contribution is -2.04. The predicted molar refractivity (Wildman–Crippen MR) is 55.1 cm³/mol. The van der Waals surface area contributed by atoms with Crippen LogP contribution in [-0.4, -0.2) is 17.0 Å². The molecule has 1 N–H and O–H groups in total. The van der Waals surface area contributed by atoms with E-state index in [-0.39, 0.29) is 11.3 Å². The molecule has 0 amide bonds. The molecule has 0 heterocycles. The number of nitrogens with one attached hydrogen (secondary N) is 1. The van der Waals surface area contributed by atoms with Crippen molar-refractivity contribution in [1.29, 1.82) is 5.26 Å². The van der Waals surface area contributed by atoms with Crippen LogP contribution in [0.25, 0.3) is 0 Å². The average molecular weight is 238 g/mol. The minimum atomic E-state index is -0.838. The van der Waals surface area contributed by atoms with Crippen molar-refractivity contribution in [2.75, 3.05) is 12.6 Å². The van der Waals surface area contributed by atoms with Crippen LogP contribution in [0.2, 0.25) is 0 Å². The van der Waals surface area contributed by atoms with Crippen molar-refractivity contribution >= 4 is 17.1 Å². The fraction of sp³-hybridized carbons (Fsp3) is 0.125. The number of non-ortho nitro benzene ring substituents is 1. The molecule has 0 unspecified atom stereocenters. The summed E-state index contributed by atoms with van der Waals surface area (Å²) in [6, 6.07) is 3.30. The molecule has 9 heteroatoms. The average Bonchev–Trinajstić information content (AvgIpc) is 2.28. The molecule has 0 saturated heterocycles. The second-order valence-corrected chi connectivity index (χ2v) is 2.82. The Hall–Kier alpha value is -2.73. The van der Waals surface area contributed by atoms with Crippen LogP contribution in [0.3, 0.4) is 0 Å². The van der Waals surface area contributed by atoms with E-state index in [1.54, 1.807) is 6.07 Å². The summed E-state index contributed by atoms with van der Waals surface area (Å²) in [5.74, 6) is 0. The molecule has 9 nitrogen and oxygen atoms in total. The van der Waals surface area contributed by atoms with Gasteiger partial charge in [0.2, 0.25) is 0 Å². The topological polar surface area (TPSA) is 131 Å². The van der Waals surface area contributed by atoms with Crippen molar-refractivity contribution < 1.29 is 14.7 Å². The molecule has 0 atom stereocenters. The maximum Gasteiger partial charge on any atom is 0.302 e. The van der Waals surface area contributed by atoms with Gasteiger partial charge < -0.3 is 0 Å². The molecule has 88 valence electrons. The summed E-state index contributed by atoms with van der Waals surface area (Å²) >= 11 is 0. The van der Waals surface area contributed by atoms with E-state index in [1.807, 2.05) is 0 Å². The highest BCUT2D eigenvalue weighted by molar-refractivity contribution is 5.72. The second-order valence-electron chi connectivity index (χ2n) is 2.82. The van der Waals surface area contributed by atoms with Crippen LogP contribution < -0.4 is 5.48 Å². The van der Waals surface area contributed by atoms with Gasteiger partial charge in [-0.1, -0.05) is 0 Å². The fourth-order valence-electron chi connectivity index (χ4n) is 1.16. The highest BCUT2D eigenvalue weighted by Gasteiger charge is 2.24. The highest BCUT2D eigenvalue weighted by atomic mass is 16.6. The van der Waals surface area contributed by atoms with E-state index in [2.05, 4.69) is 10.3 Å². The minimum absolute atomic E-state index is 0.217. The van der Waals surface area contributed by atoms with Crippen molar-refractivity contribution in [2.45, 2.75) is 0 Å². The zero-order valence-corrected chi connectivity index (χ0v) is 8.54. The Morgan fingerprint density at radius 2 is 2.00 bits per heavy atom. The maximum atomic E-state index is 10.7. The number of nitriles is 1. The summed E-state index contributed by atoms with van der Waals surface area (Å²) in [5.41, 5.74) is 0.565. The third kappa shape index (κ3) is 2.44. The Morgan fingerprint density at radius 1 is 1.35 bits per heavy atom. The van der Waals surface area contributed by atoms with Crippen molar-refractivity contribution in [3.63, 3.8) is 0 Å². The SMILES string of the molecule is CONc1c(C#N)cc([N+](=O)[O-])cc1[N+](=O)[O-]. The van der Waals surface area contributed by atoms with Crippen molar-refractivity contribution in [3.05, 3.63) is 37.9 Å². The lowest BCUT2D eigenvalue weighted by atomic mass is 10.1. The summed E-state index contributed by atoms with van der Waals surface area (Å²) < 4.78 is 0. The molecule has 1 aromatic rings.